The molecule has 1 atom stereocenters. The largest absolute Gasteiger partial charge is 0.479 e. The summed E-state index contributed by atoms with van der Waals surface area (Å²) in [6, 6.07) is 5.13. The number of aromatic nitrogens is 1. The van der Waals surface area contributed by atoms with Crippen molar-refractivity contribution in [1.82, 2.24) is 4.98 Å². The van der Waals surface area contributed by atoms with Crippen LogP contribution in [0.15, 0.2) is 18.2 Å². The van der Waals surface area contributed by atoms with Crippen molar-refractivity contribution in [1.29, 1.82) is 0 Å². The molecule has 0 saturated heterocycles. The molecular weight excluding hydrogens is 289 g/mol. The van der Waals surface area contributed by atoms with Crippen molar-refractivity contribution in [2.75, 3.05) is 0 Å². The van der Waals surface area contributed by atoms with Crippen molar-refractivity contribution in [3.8, 4) is 5.75 Å². The molecule has 0 aliphatic heterocycles. The Kier molecular flexibility index (Phi) is 3.83. The highest BCUT2D eigenvalue weighted by Crippen LogP contribution is 2.37. The van der Waals surface area contributed by atoms with E-state index in [9.17, 15) is 4.79 Å². The van der Waals surface area contributed by atoms with Crippen molar-refractivity contribution in [3.05, 3.63) is 33.9 Å². The maximum absolute atomic E-state index is 10.9. The molecule has 0 radical (unpaired) electrons. The van der Waals surface area contributed by atoms with Gasteiger partial charge in [0.1, 0.15) is 5.52 Å². The number of benzene rings is 1. The number of hydrogen-bond acceptors (Lipinski definition) is 3. The van der Waals surface area contributed by atoms with E-state index in [0.717, 1.165) is 5.69 Å². The number of ether oxygens (including phenoxy) is 1. The van der Waals surface area contributed by atoms with Gasteiger partial charge in [0.25, 0.3) is 0 Å². The zero-order chi connectivity index (χ0) is 14.2. The fraction of sp³-hybridized carbons (Fsp3) is 0.231. The van der Waals surface area contributed by atoms with Crippen LogP contribution in [0.4, 0.5) is 0 Å². The lowest BCUT2D eigenvalue weighted by Gasteiger charge is -2.14. The van der Waals surface area contributed by atoms with Gasteiger partial charge in [-0.25, -0.2) is 9.78 Å². The predicted molar refractivity (Wildman–Crippen MR) is 74.2 cm³/mol. The molecule has 0 saturated carbocycles. The standard InChI is InChI=1S/C13H11Cl2NO3/c1-6-3-4-8-9(14)5-10(15)12(11(8)16-6)19-7(2)13(17)18/h3-5,7H,1-2H3,(H,17,18)/t7-/m1/s1. The first-order valence-corrected chi connectivity index (χ1v) is 6.30. The van der Waals surface area contributed by atoms with Gasteiger partial charge in [-0.2, -0.15) is 0 Å². The third kappa shape index (κ3) is 2.74. The number of nitrogens with zero attached hydrogens (tertiary/aromatic N) is 1. The van der Waals surface area contributed by atoms with Crippen molar-refractivity contribution in [2.24, 2.45) is 0 Å². The molecule has 100 valence electrons. The molecular formula is C13H11Cl2NO3. The Hall–Kier alpha value is -1.52. The lowest BCUT2D eigenvalue weighted by atomic mass is 10.2. The summed E-state index contributed by atoms with van der Waals surface area (Å²) in [6.45, 7) is 3.24. The number of aryl methyl sites for hydroxylation is 1. The third-order valence-electron chi connectivity index (χ3n) is 2.62. The van der Waals surface area contributed by atoms with E-state index >= 15 is 0 Å². The number of fused-ring (bicyclic) bond motifs is 1. The van der Waals surface area contributed by atoms with E-state index in [4.69, 9.17) is 33.0 Å². The van der Waals surface area contributed by atoms with Crippen LogP contribution in [0.2, 0.25) is 10.0 Å². The SMILES string of the molecule is Cc1ccc2c(Cl)cc(Cl)c(O[C@H](C)C(=O)O)c2n1. The van der Waals surface area contributed by atoms with Gasteiger partial charge in [-0.1, -0.05) is 23.2 Å². The number of carboxylic acid groups (broad SMARTS) is 1. The predicted octanol–water partition coefficient (Wildman–Crippen LogP) is 3.70. The molecule has 0 spiro atoms. The molecule has 1 aromatic heterocycles. The fourth-order valence-corrected chi connectivity index (χ4v) is 2.19. The summed E-state index contributed by atoms with van der Waals surface area (Å²) in [6.07, 6.45) is -1.02. The summed E-state index contributed by atoms with van der Waals surface area (Å²) < 4.78 is 5.38. The van der Waals surface area contributed by atoms with Gasteiger partial charge in [-0.3, -0.25) is 0 Å². The molecule has 0 aliphatic rings. The molecule has 0 unspecified atom stereocenters. The topological polar surface area (TPSA) is 59.4 Å². The highest BCUT2D eigenvalue weighted by molar-refractivity contribution is 6.39. The number of pyridine rings is 1. The maximum atomic E-state index is 10.9. The number of hydrogen-bond donors (Lipinski definition) is 1. The van der Waals surface area contributed by atoms with Gasteiger partial charge in [0.2, 0.25) is 0 Å². The zero-order valence-corrected chi connectivity index (χ0v) is 11.8. The lowest BCUT2D eigenvalue weighted by Crippen LogP contribution is -2.23. The summed E-state index contributed by atoms with van der Waals surface area (Å²) in [7, 11) is 0. The summed E-state index contributed by atoms with van der Waals surface area (Å²) in [5, 5.41) is 10.3. The minimum absolute atomic E-state index is 0.236. The quantitative estimate of drug-likeness (QED) is 0.939. The van der Waals surface area contributed by atoms with Crippen LogP contribution in [0.3, 0.4) is 0 Å². The van der Waals surface area contributed by atoms with E-state index in [-0.39, 0.29) is 10.8 Å². The monoisotopic (exact) mass is 299 g/mol. The minimum atomic E-state index is -1.08. The van der Waals surface area contributed by atoms with E-state index < -0.39 is 12.1 Å². The van der Waals surface area contributed by atoms with Crippen LogP contribution < -0.4 is 4.74 Å². The second-order valence-corrected chi connectivity index (χ2v) is 4.93. The minimum Gasteiger partial charge on any atom is -0.479 e. The number of rotatable bonds is 3. The van der Waals surface area contributed by atoms with Crippen molar-refractivity contribution < 1.29 is 14.6 Å². The van der Waals surface area contributed by atoms with E-state index in [1.165, 1.54) is 13.0 Å². The molecule has 0 aliphatic carbocycles. The molecule has 0 amide bonds. The molecule has 19 heavy (non-hydrogen) atoms. The summed E-state index contributed by atoms with van der Waals surface area (Å²) in [5.74, 6) is -0.841. The molecule has 0 fully saturated rings. The number of carboxylic acids is 1. The van der Waals surface area contributed by atoms with E-state index in [0.29, 0.717) is 15.9 Å². The van der Waals surface area contributed by atoms with Crippen molar-refractivity contribution in [2.45, 2.75) is 20.0 Å². The van der Waals surface area contributed by atoms with Gasteiger partial charge >= 0.3 is 5.97 Å². The zero-order valence-electron chi connectivity index (χ0n) is 10.3. The van der Waals surface area contributed by atoms with Gasteiger partial charge < -0.3 is 9.84 Å². The third-order valence-corrected chi connectivity index (χ3v) is 3.21. The number of aliphatic carboxylic acids is 1. The van der Waals surface area contributed by atoms with Crippen molar-refractivity contribution >= 4 is 40.1 Å². The van der Waals surface area contributed by atoms with Crippen LogP contribution in [0.5, 0.6) is 5.75 Å². The summed E-state index contributed by atoms with van der Waals surface area (Å²) in [4.78, 5) is 15.2. The fourth-order valence-electron chi connectivity index (χ4n) is 1.63. The van der Waals surface area contributed by atoms with Crippen molar-refractivity contribution in [3.63, 3.8) is 0 Å². The van der Waals surface area contributed by atoms with E-state index in [1.54, 1.807) is 6.07 Å². The molecule has 1 aromatic carbocycles. The van der Waals surface area contributed by atoms with Crippen LogP contribution in [-0.4, -0.2) is 22.2 Å². The first-order chi connectivity index (χ1) is 8.90. The Bertz CT molecular complexity index is 658. The van der Waals surface area contributed by atoms with Gasteiger partial charge in [-0.15, -0.1) is 0 Å². The molecule has 1 N–H and O–H groups in total. The molecule has 1 heterocycles. The highest BCUT2D eigenvalue weighted by atomic mass is 35.5. The smallest absolute Gasteiger partial charge is 0.344 e. The maximum Gasteiger partial charge on any atom is 0.344 e. The first-order valence-electron chi connectivity index (χ1n) is 5.55. The lowest BCUT2D eigenvalue weighted by molar-refractivity contribution is -0.144. The average molecular weight is 300 g/mol. The Morgan fingerprint density at radius 3 is 2.68 bits per heavy atom. The number of halogens is 2. The number of carbonyl (C=O) groups is 1. The Morgan fingerprint density at radius 2 is 2.05 bits per heavy atom. The Morgan fingerprint density at radius 1 is 1.37 bits per heavy atom. The van der Waals surface area contributed by atoms with Gasteiger partial charge in [0, 0.05) is 11.1 Å². The summed E-state index contributed by atoms with van der Waals surface area (Å²) >= 11 is 12.2. The van der Waals surface area contributed by atoms with Crippen LogP contribution >= 0.6 is 23.2 Å². The molecule has 2 aromatic rings. The van der Waals surface area contributed by atoms with Crippen LogP contribution in [0.25, 0.3) is 10.9 Å². The second-order valence-electron chi connectivity index (χ2n) is 4.12. The highest BCUT2D eigenvalue weighted by Gasteiger charge is 2.19. The first kappa shape index (κ1) is 13.9. The van der Waals surface area contributed by atoms with Crippen LogP contribution in [0.1, 0.15) is 12.6 Å². The summed E-state index contributed by atoms with van der Waals surface area (Å²) in [5.41, 5.74) is 1.23. The Labute approximate surface area is 119 Å². The van der Waals surface area contributed by atoms with E-state index in [2.05, 4.69) is 4.98 Å². The van der Waals surface area contributed by atoms with Crippen LogP contribution in [0, 0.1) is 6.92 Å². The van der Waals surface area contributed by atoms with Crippen LogP contribution in [-0.2, 0) is 4.79 Å². The molecule has 4 nitrogen and oxygen atoms in total. The van der Waals surface area contributed by atoms with E-state index in [1.807, 2.05) is 13.0 Å². The molecule has 6 heteroatoms. The van der Waals surface area contributed by atoms with Gasteiger partial charge in [-0.05, 0) is 32.0 Å². The molecule has 0 bridgehead atoms. The van der Waals surface area contributed by atoms with Gasteiger partial charge in [0.15, 0.2) is 11.9 Å². The van der Waals surface area contributed by atoms with Gasteiger partial charge in [0.05, 0.1) is 10.0 Å². The average Bonchev–Trinajstić information content (AvgIpc) is 2.33. The molecule has 2 rings (SSSR count). The normalized spacial score (nSPS) is 12.4. The second kappa shape index (κ2) is 5.23. The Balaban J connectivity index is 2.64.